The molecule has 0 aromatic carbocycles. The van der Waals surface area contributed by atoms with Crippen molar-refractivity contribution in [3.63, 3.8) is 0 Å². The molecule has 1 aromatic heterocycles. The highest BCUT2D eigenvalue weighted by Gasteiger charge is 2.10. The van der Waals surface area contributed by atoms with Crippen LogP contribution in [0, 0.1) is 6.92 Å². The van der Waals surface area contributed by atoms with Crippen LogP contribution in [0.25, 0.3) is 0 Å². The zero-order chi connectivity index (χ0) is 13.8. The lowest BCUT2D eigenvalue weighted by molar-refractivity contribution is 0.348. The smallest absolute Gasteiger partial charge is 0.0798 e. The summed E-state index contributed by atoms with van der Waals surface area (Å²) in [4.78, 5) is 7.90. The molecular formula is C14H25N3S. The van der Waals surface area contributed by atoms with E-state index in [2.05, 4.69) is 56.5 Å². The Morgan fingerprint density at radius 2 is 2.17 bits per heavy atom. The molecule has 102 valence electrons. The van der Waals surface area contributed by atoms with Gasteiger partial charge in [-0.15, -0.1) is 11.3 Å². The van der Waals surface area contributed by atoms with Crippen molar-refractivity contribution in [3.05, 3.63) is 28.2 Å². The summed E-state index contributed by atoms with van der Waals surface area (Å²) in [6.07, 6.45) is 0. The van der Waals surface area contributed by atoms with Crippen LogP contribution in [-0.2, 0) is 6.54 Å². The van der Waals surface area contributed by atoms with Crippen LogP contribution in [0.2, 0.25) is 0 Å². The fraction of sp³-hybridized carbons (Fsp3) is 0.643. The normalized spacial score (nSPS) is 12.1. The van der Waals surface area contributed by atoms with E-state index in [1.807, 2.05) is 5.51 Å². The Morgan fingerprint density at radius 1 is 1.50 bits per heavy atom. The van der Waals surface area contributed by atoms with Crippen LogP contribution in [0.3, 0.4) is 0 Å². The Kier molecular flexibility index (Phi) is 5.50. The highest BCUT2D eigenvalue weighted by atomic mass is 32.1. The standard InChI is InChI=1S/C14H25N3S/c1-11(7-16-14(3,4)5)8-17(6)9-13-12(2)15-10-18-13/h10,16H,1,7-9H2,2-6H3. The molecule has 0 unspecified atom stereocenters. The molecule has 0 atom stereocenters. The molecule has 0 aliphatic carbocycles. The average molecular weight is 267 g/mol. The number of nitrogens with one attached hydrogen (secondary N) is 1. The summed E-state index contributed by atoms with van der Waals surface area (Å²) in [7, 11) is 2.13. The first-order valence-electron chi connectivity index (χ1n) is 6.27. The average Bonchev–Trinajstić information content (AvgIpc) is 2.60. The fourth-order valence-electron chi connectivity index (χ4n) is 1.61. The molecule has 1 heterocycles. The number of thiazole rings is 1. The molecule has 0 radical (unpaired) electrons. The molecule has 0 bridgehead atoms. The third kappa shape index (κ3) is 5.76. The molecule has 0 aliphatic heterocycles. The quantitative estimate of drug-likeness (QED) is 0.803. The Bertz CT molecular complexity index is 390. The van der Waals surface area contributed by atoms with Crippen molar-refractivity contribution in [2.45, 2.75) is 39.8 Å². The van der Waals surface area contributed by atoms with E-state index in [1.54, 1.807) is 11.3 Å². The molecule has 0 spiro atoms. The predicted octanol–water partition coefficient (Wildman–Crippen LogP) is 2.83. The SMILES string of the molecule is C=C(CNC(C)(C)C)CN(C)Cc1scnc1C. The molecule has 1 rings (SSSR count). The van der Waals surface area contributed by atoms with Gasteiger partial charge in [0.2, 0.25) is 0 Å². The van der Waals surface area contributed by atoms with Gasteiger partial charge in [-0.2, -0.15) is 0 Å². The maximum Gasteiger partial charge on any atom is 0.0798 e. The van der Waals surface area contributed by atoms with E-state index in [0.29, 0.717) is 0 Å². The van der Waals surface area contributed by atoms with E-state index in [1.165, 1.54) is 10.5 Å². The maximum atomic E-state index is 4.27. The second kappa shape index (κ2) is 6.45. The Morgan fingerprint density at radius 3 is 2.67 bits per heavy atom. The van der Waals surface area contributed by atoms with Crippen LogP contribution in [-0.4, -0.2) is 35.6 Å². The summed E-state index contributed by atoms with van der Waals surface area (Å²) in [6.45, 7) is 15.4. The minimum atomic E-state index is 0.149. The third-order valence-corrected chi connectivity index (χ3v) is 3.54. The summed E-state index contributed by atoms with van der Waals surface area (Å²) in [6, 6.07) is 0. The topological polar surface area (TPSA) is 28.2 Å². The van der Waals surface area contributed by atoms with E-state index in [9.17, 15) is 0 Å². The molecular weight excluding hydrogens is 242 g/mol. The van der Waals surface area contributed by atoms with Gasteiger partial charge >= 0.3 is 0 Å². The summed E-state index contributed by atoms with van der Waals surface area (Å²) >= 11 is 1.72. The van der Waals surface area contributed by atoms with E-state index in [0.717, 1.165) is 25.3 Å². The second-order valence-electron chi connectivity index (χ2n) is 5.89. The zero-order valence-electron chi connectivity index (χ0n) is 12.2. The maximum absolute atomic E-state index is 4.27. The third-order valence-electron chi connectivity index (χ3n) is 2.62. The molecule has 18 heavy (non-hydrogen) atoms. The van der Waals surface area contributed by atoms with Gasteiger partial charge in [0.25, 0.3) is 0 Å². The van der Waals surface area contributed by atoms with Crippen molar-refractivity contribution < 1.29 is 0 Å². The minimum absolute atomic E-state index is 0.149. The van der Waals surface area contributed by atoms with Gasteiger partial charge in [0.1, 0.15) is 0 Å². The van der Waals surface area contributed by atoms with Gasteiger partial charge in [-0.1, -0.05) is 6.58 Å². The van der Waals surface area contributed by atoms with Crippen molar-refractivity contribution in [3.8, 4) is 0 Å². The van der Waals surface area contributed by atoms with Crippen molar-refractivity contribution >= 4 is 11.3 Å². The number of likely N-dealkylation sites (N-methyl/N-ethyl adjacent to an activating group) is 1. The van der Waals surface area contributed by atoms with E-state index in [4.69, 9.17) is 0 Å². The van der Waals surface area contributed by atoms with Crippen LogP contribution >= 0.6 is 11.3 Å². The largest absolute Gasteiger partial charge is 0.308 e. The van der Waals surface area contributed by atoms with Crippen LogP contribution in [0.15, 0.2) is 17.7 Å². The van der Waals surface area contributed by atoms with Crippen LogP contribution in [0.4, 0.5) is 0 Å². The predicted molar refractivity (Wildman–Crippen MR) is 80.1 cm³/mol. The zero-order valence-corrected chi connectivity index (χ0v) is 13.0. The number of aryl methyl sites for hydroxylation is 1. The minimum Gasteiger partial charge on any atom is -0.308 e. The van der Waals surface area contributed by atoms with Gasteiger partial charge < -0.3 is 5.32 Å². The van der Waals surface area contributed by atoms with Gasteiger partial charge in [-0.25, -0.2) is 4.98 Å². The Balaban J connectivity index is 2.34. The lowest BCUT2D eigenvalue weighted by atomic mass is 10.1. The first-order valence-corrected chi connectivity index (χ1v) is 7.15. The molecule has 3 nitrogen and oxygen atoms in total. The van der Waals surface area contributed by atoms with Gasteiger partial charge in [-0.05, 0) is 40.3 Å². The summed E-state index contributed by atoms with van der Waals surface area (Å²) in [5.74, 6) is 0. The van der Waals surface area contributed by atoms with Gasteiger partial charge in [-0.3, -0.25) is 4.90 Å². The first-order chi connectivity index (χ1) is 8.28. The van der Waals surface area contributed by atoms with Gasteiger partial charge in [0, 0.05) is 30.1 Å². The summed E-state index contributed by atoms with van der Waals surface area (Å²) in [5.41, 5.74) is 4.42. The summed E-state index contributed by atoms with van der Waals surface area (Å²) < 4.78 is 0. The van der Waals surface area contributed by atoms with Crippen molar-refractivity contribution in [2.24, 2.45) is 0 Å². The molecule has 1 N–H and O–H groups in total. The fourth-order valence-corrected chi connectivity index (χ4v) is 2.46. The molecule has 0 amide bonds. The highest BCUT2D eigenvalue weighted by Crippen LogP contribution is 2.14. The molecule has 4 heteroatoms. The monoisotopic (exact) mass is 267 g/mol. The van der Waals surface area contributed by atoms with E-state index < -0.39 is 0 Å². The van der Waals surface area contributed by atoms with Crippen molar-refractivity contribution in [1.29, 1.82) is 0 Å². The lowest BCUT2D eigenvalue weighted by Gasteiger charge is -2.23. The first kappa shape index (κ1) is 15.3. The van der Waals surface area contributed by atoms with Gasteiger partial charge in [0.05, 0.1) is 11.2 Å². The highest BCUT2D eigenvalue weighted by molar-refractivity contribution is 7.09. The van der Waals surface area contributed by atoms with Crippen LogP contribution in [0.5, 0.6) is 0 Å². The number of hydrogen-bond donors (Lipinski definition) is 1. The lowest BCUT2D eigenvalue weighted by Crippen LogP contribution is -2.38. The Labute approximate surface area is 115 Å². The molecule has 0 saturated heterocycles. The number of hydrogen-bond acceptors (Lipinski definition) is 4. The van der Waals surface area contributed by atoms with E-state index >= 15 is 0 Å². The van der Waals surface area contributed by atoms with Crippen LogP contribution < -0.4 is 5.32 Å². The molecule has 1 aromatic rings. The second-order valence-corrected chi connectivity index (χ2v) is 6.83. The van der Waals surface area contributed by atoms with Crippen molar-refractivity contribution in [2.75, 3.05) is 20.1 Å². The molecule has 0 saturated carbocycles. The number of aromatic nitrogens is 1. The van der Waals surface area contributed by atoms with Crippen molar-refractivity contribution in [1.82, 2.24) is 15.2 Å². The van der Waals surface area contributed by atoms with Crippen LogP contribution in [0.1, 0.15) is 31.3 Å². The summed E-state index contributed by atoms with van der Waals surface area (Å²) in [5, 5.41) is 3.46. The number of rotatable bonds is 6. The molecule has 0 aliphatic rings. The van der Waals surface area contributed by atoms with E-state index in [-0.39, 0.29) is 5.54 Å². The Hall–Kier alpha value is -0.710. The van der Waals surface area contributed by atoms with Gasteiger partial charge in [0.15, 0.2) is 0 Å². The number of nitrogens with zero attached hydrogens (tertiary/aromatic N) is 2. The molecule has 0 fully saturated rings.